The number of hydrogen-bond donors (Lipinski definition) is 1. The summed E-state index contributed by atoms with van der Waals surface area (Å²) in [6.07, 6.45) is 1.15. The Balaban J connectivity index is 1.91. The number of nitrogens with one attached hydrogen (secondary N) is 1. The third kappa shape index (κ3) is 3.69. The van der Waals surface area contributed by atoms with Gasteiger partial charge in [0.1, 0.15) is 5.82 Å². The fourth-order valence-electron chi connectivity index (χ4n) is 2.80. The van der Waals surface area contributed by atoms with Crippen LogP contribution in [0.3, 0.4) is 0 Å². The Kier molecular flexibility index (Phi) is 4.81. The first-order valence-electron chi connectivity index (χ1n) is 7.28. The van der Waals surface area contributed by atoms with Crippen molar-refractivity contribution in [3.63, 3.8) is 0 Å². The maximum absolute atomic E-state index is 13.9. The van der Waals surface area contributed by atoms with Crippen LogP contribution in [-0.4, -0.2) is 26.2 Å². The van der Waals surface area contributed by atoms with E-state index in [2.05, 4.69) is 24.1 Å². The summed E-state index contributed by atoms with van der Waals surface area (Å²) in [5.41, 5.74) is 1.84. The van der Waals surface area contributed by atoms with Gasteiger partial charge in [-0.15, -0.1) is 0 Å². The highest BCUT2D eigenvalue weighted by Gasteiger charge is 2.25. The normalized spacial score (nSPS) is 19.4. The van der Waals surface area contributed by atoms with Crippen LogP contribution in [0.15, 0.2) is 18.2 Å². The minimum absolute atomic E-state index is 0.0872. The molecule has 1 aromatic carbocycles. The predicted molar refractivity (Wildman–Crippen MR) is 79.2 cm³/mol. The van der Waals surface area contributed by atoms with E-state index in [-0.39, 0.29) is 5.82 Å². The first-order valence-corrected chi connectivity index (χ1v) is 7.28. The van der Waals surface area contributed by atoms with E-state index in [4.69, 9.17) is 0 Å². The average Bonchev–Trinajstić information content (AvgIpc) is 2.77. The van der Waals surface area contributed by atoms with E-state index in [1.807, 2.05) is 13.0 Å². The van der Waals surface area contributed by atoms with Crippen molar-refractivity contribution in [3.05, 3.63) is 29.6 Å². The van der Waals surface area contributed by atoms with Crippen molar-refractivity contribution in [2.75, 3.05) is 31.1 Å². The zero-order chi connectivity index (χ0) is 13.8. The second-order valence-corrected chi connectivity index (χ2v) is 6.06. The molecule has 0 spiro atoms. The van der Waals surface area contributed by atoms with Gasteiger partial charge in [-0.1, -0.05) is 26.0 Å². The molecule has 1 fully saturated rings. The van der Waals surface area contributed by atoms with Crippen LogP contribution in [0.2, 0.25) is 0 Å². The summed E-state index contributed by atoms with van der Waals surface area (Å²) >= 11 is 0. The van der Waals surface area contributed by atoms with Gasteiger partial charge in [0.25, 0.3) is 0 Å². The van der Waals surface area contributed by atoms with Gasteiger partial charge in [0, 0.05) is 13.1 Å². The number of halogens is 1. The van der Waals surface area contributed by atoms with E-state index >= 15 is 0 Å². The Bertz CT molecular complexity index is 397. The van der Waals surface area contributed by atoms with E-state index in [0.717, 1.165) is 43.9 Å². The van der Waals surface area contributed by atoms with E-state index in [9.17, 15) is 4.39 Å². The lowest BCUT2D eigenvalue weighted by molar-refractivity contribution is 0.477. The number of aryl methyl sites for hydroxylation is 1. The molecule has 1 atom stereocenters. The van der Waals surface area contributed by atoms with Crippen molar-refractivity contribution in [1.82, 2.24) is 5.32 Å². The van der Waals surface area contributed by atoms with Crippen LogP contribution >= 0.6 is 0 Å². The second kappa shape index (κ2) is 6.38. The molecule has 2 rings (SSSR count). The minimum atomic E-state index is -0.0872. The fourth-order valence-corrected chi connectivity index (χ4v) is 2.80. The first kappa shape index (κ1) is 14.3. The standard InChI is InChI=1S/C16H25FN2/c1-12(2)9-18-10-14-7-8-19(11-14)16-13(3)5-4-6-15(16)17/h4-6,12,14,18H,7-11H2,1-3H3. The van der Waals surface area contributed by atoms with Crippen molar-refractivity contribution in [2.45, 2.75) is 27.2 Å². The van der Waals surface area contributed by atoms with Crippen molar-refractivity contribution >= 4 is 5.69 Å². The smallest absolute Gasteiger partial charge is 0.146 e. The number of benzene rings is 1. The quantitative estimate of drug-likeness (QED) is 0.878. The van der Waals surface area contributed by atoms with Gasteiger partial charge in [-0.25, -0.2) is 4.39 Å². The number of nitrogens with zero attached hydrogens (tertiary/aromatic N) is 1. The van der Waals surface area contributed by atoms with Gasteiger partial charge in [0.2, 0.25) is 0 Å². The second-order valence-electron chi connectivity index (χ2n) is 6.06. The molecule has 1 saturated heterocycles. The largest absolute Gasteiger partial charge is 0.369 e. The SMILES string of the molecule is Cc1cccc(F)c1N1CCC(CNCC(C)C)C1. The molecule has 1 N–H and O–H groups in total. The van der Waals surface area contributed by atoms with Crippen LogP contribution in [0.1, 0.15) is 25.8 Å². The molecule has 0 radical (unpaired) electrons. The summed E-state index contributed by atoms with van der Waals surface area (Å²) in [6.45, 7) is 10.5. The Hall–Kier alpha value is -1.09. The van der Waals surface area contributed by atoms with Crippen molar-refractivity contribution in [3.8, 4) is 0 Å². The summed E-state index contributed by atoms with van der Waals surface area (Å²) in [5.74, 6) is 1.24. The number of anilines is 1. The van der Waals surface area contributed by atoms with Gasteiger partial charge in [0.05, 0.1) is 5.69 Å². The van der Waals surface area contributed by atoms with Crippen molar-refractivity contribution < 1.29 is 4.39 Å². The topological polar surface area (TPSA) is 15.3 Å². The van der Waals surface area contributed by atoms with Gasteiger partial charge < -0.3 is 10.2 Å². The van der Waals surface area contributed by atoms with Crippen LogP contribution in [-0.2, 0) is 0 Å². The number of para-hydroxylation sites is 1. The third-order valence-corrected chi connectivity index (χ3v) is 3.78. The molecule has 3 heteroatoms. The zero-order valence-electron chi connectivity index (χ0n) is 12.2. The molecule has 19 heavy (non-hydrogen) atoms. The van der Waals surface area contributed by atoms with E-state index in [0.29, 0.717) is 11.8 Å². The van der Waals surface area contributed by atoms with E-state index in [1.165, 1.54) is 0 Å². The van der Waals surface area contributed by atoms with Gasteiger partial charge in [-0.05, 0) is 49.9 Å². The lowest BCUT2D eigenvalue weighted by Crippen LogP contribution is -2.29. The van der Waals surface area contributed by atoms with Crippen LogP contribution in [0.4, 0.5) is 10.1 Å². The van der Waals surface area contributed by atoms with Crippen LogP contribution < -0.4 is 10.2 Å². The summed E-state index contributed by atoms with van der Waals surface area (Å²) < 4.78 is 13.9. The van der Waals surface area contributed by atoms with E-state index in [1.54, 1.807) is 12.1 Å². The molecule has 0 aliphatic carbocycles. The molecule has 0 amide bonds. The van der Waals surface area contributed by atoms with Crippen molar-refractivity contribution in [2.24, 2.45) is 11.8 Å². The molecule has 1 aliphatic heterocycles. The van der Waals surface area contributed by atoms with Crippen LogP contribution in [0.25, 0.3) is 0 Å². The molecule has 1 unspecified atom stereocenters. The molecule has 0 bridgehead atoms. The molecule has 0 saturated carbocycles. The molecule has 1 aromatic rings. The molecule has 0 aromatic heterocycles. The Morgan fingerprint density at radius 1 is 1.42 bits per heavy atom. The zero-order valence-corrected chi connectivity index (χ0v) is 12.2. The lowest BCUT2D eigenvalue weighted by atomic mass is 10.1. The van der Waals surface area contributed by atoms with Crippen molar-refractivity contribution in [1.29, 1.82) is 0 Å². The Morgan fingerprint density at radius 3 is 2.89 bits per heavy atom. The first-order chi connectivity index (χ1) is 9.08. The summed E-state index contributed by atoms with van der Waals surface area (Å²) in [4.78, 5) is 2.20. The highest BCUT2D eigenvalue weighted by atomic mass is 19.1. The van der Waals surface area contributed by atoms with E-state index < -0.39 is 0 Å². The third-order valence-electron chi connectivity index (χ3n) is 3.78. The average molecular weight is 264 g/mol. The maximum atomic E-state index is 13.9. The van der Waals surface area contributed by atoms with Gasteiger partial charge in [0.15, 0.2) is 0 Å². The molecule has 1 aliphatic rings. The van der Waals surface area contributed by atoms with Crippen LogP contribution in [0, 0.1) is 24.6 Å². The monoisotopic (exact) mass is 264 g/mol. The molecule has 2 nitrogen and oxygen atoms in total. The summed E-state index contributed by atoms with van der Waals surface area (Å²) in [5, 5.41) is 3.51. The Morgan fingerprint density at radius 2 is 2.21 bits per heavy atom. The molecule has 1 heterocycles. The fraction of sp³-hybridized carbons (Fsp3) is 0.625. The maximum Gasteiger partial charge on any atom is 0.146 e. The number of hydrogen-bond acceptors (Lipinski definition) is 2. The predicted octanol–water partition coefficient (Wildman–Crippen LogP) is 3.21. The minimum Gasteiger partial charge on any atom is -0.369 e. The summed E-state index contributed by atoms with van der Waals surface area (Å²) in [7, 11) is 0. The molecular weight excluding hydrogens is 239 g/mol. The van der Waals surface area contributed by atoms with Gasteiger partial charge >= 0.3 is 0 Å². The van der Waals surface area contributed by atoms with Gasteiger partial charge in [-0.3, -0.25) is 0 Å². The lowest BCUT2D eigenvalue weighted by Gasteiger charge is -2.21. The molecule has 106 valence electrons. The van der Waals surface area contributed by atoms with Gasteiger partial charge in [-0.2, -0.15) is 0 Å². The summed E-state index contributed by atoms with van der Waals surface area (Å²) in [6, 6.07) is 5.33. The number of rotatable bonds is 5. The highest BCUT2D eigenvalue weighted by Crippen LogP contribution is 2.29. The molecular formula is C16H25FN2. The Labute approximate surface area is 116 Å². The van der Waals surface area contributed by atoms with Crippen LogP contribution in [0.5, 0.6) is 0 Å². The highest BCUT2D eigenvalue weighted by molar-refractivity contribution is 5.55.